The van der Waals surface area contributed by atoms with Crippen molar-refractivity contribution >= 4 is 12.1 Å². The topological polar surface area (TPSA) is 75.6 Å². The number of amides is 1. The predicted octanol–water partition coefficient (Wildman–Crippen LogP) is 1.73. The van der Waals surface area contributed by atoms with E-state index in [1.165, 1.54) is 0 Å². The van der Waals surface area contributed by atoms with E-state index < -0.39 is 24.8 Å². The Kier molecular flexibility index (Phi) is 5.63. The van der Waals surface area contributed by atoms with E-state index in [2.05, 4.69) is 5.32 Å². The summed E-state index contributed by atoms with van der Waals surface area (Å²) in [5.74, 6) is -1.29. The summed E-state index contributed by atoms with van der Waals surface area (Å²) in [4.78, 5) is 21.9. The molecule has 0 heterocycles. The van der Waals surface area contributed by atoms with Crippen LogP contribution in [0.15, 0.2) is 30.3 Å². The fourth-order valence-electron chi connectivity index (χ4n) is 1.27. The molecule has 1 aromatic rings. The van der Waals surface area contributed by atoms with Crippen LogP contribution in [0, 0.1) is 0 Å². The van der Waals surface area contributed by atoms with Gasteiger partial charge in [-0.2, -0.15) is 0 Å². The fourth-order valence-corrected chi connectivity index (χ4v) is 1.27. The van der Waals surface area contributed by atoms with Crippen molar-refractivity contribution in [1.29, 1.82) is 0 Å². The number of benzene rings is 1. The molecule has 1 rings (SSSR count). The molecule has 0 aromatic heterocycles. The smallest absolute Gasteiger partial charge is 0.408 e. The zero-order valence-electron chi connectivity index (χ0n) is 9.64. The first-order valence-electron chi connectivity index (χ1n) is 5.39. The molecule has 0 aliphatic rings. The Balaban J connectivity index is 2.39. The Morgan fingerprint density at radius 3 is 2.56 bits per heavy atom. The molecule has 0 unspecified atom stereocenters. The second-order valence-electron chi connectivity index (χ2n) is 3.57. The second-order valence-corrected chi connectivity index (χ2v) is 3.57. The number of nitrogens with one attached hydrogen (secondary N) is 1. The summed E-state index contributed by atoms with van der Waals surface area (Å²) in [5, 5.41) is 10.8. The number of ether oxygens (including phenoxy) is 1. The van der Waals surface area contributed by atoms with Crippen LogP contribution in [0.25, 0.3) is 0 Å². The number of alkyl halides is 1. The molecule has 0 aliphatic carbocycles. The lowest BCUT2D eigenvalue weighted by Gasteiger charge is -2.12. The highest BCUT2D eigenvalue weighted by atomic mass is 19.1. The highest BCUT2D eigenvalue weighted by molar-refractivity contribution is 5.79. The van der Waals surface area contributed by atoms with Gasteiger partial charge in [0, 0.05) is 6.42 Å². The normalized spacial score (nSPS) is 11.6. The molecule has 0 fully saturated rings. The quantitative estimate of drug-likeness (QED) is 0.811. The van der Waals surface area contributed by atoms with E-state index in [-0.39, 0.29) is 13.0 Å². The Labute approximate surface area is 104 Å². The molecule has 0 bridgehead atoms. The molecule has 0 saturated carbocycles. The van der Waals surface area contributed by atoms with Crippen molar-refractivity contribution in [2.75, 3.05) is 6.67 Å². The van der Waals surface area contributed by atoms with E-state index in [1.807, 2.05) is 6.07 Å². The number of carbonyl (C=O) groups is 2. The predicted molar refractivity (Wildman–Crippen MR) is 61.8 cm³/mol. The zero-order chi connectivity index (χ0) is 13.4. The Hall–Kier alpha value is -2.11. The largest absolute Gasteiger partial charge is 0.480 e. The summed E-state index contributed by atoms with van der Waals surface area (Å²) in [6, 6.07) is 7.68. The average Bonchev–Trinajstić information content (AvgIpc) is 2.37. The molecule has 0 radical (unpaired) electrons. The number of alkyl carbamates (subject to hydrolysis) is 1. The maximum Gasteiger partial charge on any atom is 0.408 e. The zero-order valence-corrected chi connectivity index (χ0v) is 9.64. The van der Waals surface area contributed by atoms with Crippen molar-refractivity contribution in [3.63, 3.8) is 0 Å². The van der Waals surface area contributed by atoms with E-state index >= 15 is 0 Å². The molecule has 18 heavy (non-hydrogen) atoms. The van der Waals surface area contributed by atoms with Crippen LogP contribution in [0.5, 0.6) is 0 Å². The van der Waals surface area contributed by atoms with Gasteiger partial charge >= 0.3 is 12.1 Å². The van der Waals surface area contributed by atoms with Crippen molar-refractivity contribution in [3.8, 4) is 0 Å². The molecule has 0 aliphatic heterocycles. The van der Waals surface area contributed by atoms with E-state index in [0.717, 1.165) is 5.56 Å². The Bertz CT molecular complexity index is 396. The maximum absolute atomic E-state index is 12.0. The lowest BCUT2D eigenvalue weighted by molar-refractivity contribution is -0.139. The summed E-state index contributed by atoms with van der Waals surface area (Å²) in [7, 11) is 0. The first-order chi connectivity index (χ1) is 8.63. The number of carboxylic acids is 1. The number of rotatable bonds is 6. The summed E-state index contributed by atoms with van der Waals surface area (Å²) >= 11 is 0. The average molecular weight is 255 g/mol. The van der Waals surface area contributed by atoms with Gasteiger partial charge in [-0.05, 0) is 5.56 Å². The van der Waals surface area contributed by atoms with Crippen molar-refractivity contribution in [2.45, 2.75) is 19.1 Å². The molecule has 6 heteroatoms. The lowest BCUT2D eigenvalue weighted by atomic mass is 10.2. The Morgan fingerprint density at radius 1 is 1.33 bits per heavy atom. The summed E-state index contributed by atoms with van der Waals surface area (Å²) in [5.41, 5.74) is 0.782. The van der Waals surface area contributed by atoms with E-state index in [1.54, 1.807) is 24.3 Å². The van der Waals surface area contributed by atoms with Gasteiger partial charge in [-0.1, -0.05) is 30.3 Å². The van der Waals surface area contributed by atoms with E-state index in [9.17, 15) is 14.0 Å². The SMILES string of the molecule is O=C(N[C@@H](CCF)C(=O)O)OCc1ccccc1. The molecular weight excluding hydrogens is 241 g/mol. The molecule has 0 saturated heterocycles. The van der Waals surface area contributed by atoms with Crippen LogP contribution < -0.4 is 5.32 Å². The molecule has 98 valence electrons. The second kappa shape index (κ2) is 7.26. The molecule has 1 aromatic carbocycles. The summed E-state index contributed by atoms with van der Waals surface area (Å²) in [6.07, 6.45) is -1.16. The lowest BCUT2D eigenvalue weighted by Crippen LogP contribution is -2.41. The van der Waals surface area contributed by atoms with Gasteiger partial charge in [-0.3, -0.25) is 4.39 Å². The monoisotopic (exact) mass is 255 g/mol. The van der Waals surface area contributed by atoms with E-state index in [0.29, 0.717) is 0 Å². The molecule has 2 N–H and O–H groups in total. The van der Waals surface area contributed by atoms with Gasteiger partial charge in [0.1, 0.15) is 12.6 Å². The van der Waals surface area contributed by atoms with Crippen LogP contribution in [0.3, 0.4) is 0 Å². The van der Waals surface area contributed by atoms with Gasteiger partial charge in [-0.25, -0.2) is 9.59 Å². The van der Waals surface area contributed by atoms with Crippen molar-refractivity contribution < 1.29 is 23.8 Å². The van der Waals surface area contributed by atoms with Crippen LogP contribution in [0.1, 0.15) is 12.0 Å². The number of aliphatic carboxylic acids is 1. The van der Waals surface area contributed by atoms with Crippen LogP contribution in [-0.4, -0.2) is 29.9 Å². The standard InChI is InChI=1S/C12H14FNO4/c13-7-6-10(11(15)16)14-12(17)18-8-9-4-2-1-3-5-9/h1-5,10H,6-8H2,(H,14,17)(H,15,16)/t10-/m0/s1. The number of halogens is 1. The van der Waals surface area contributed by atoms with E-state index in [4.69, 9.17) is 9.84 Å². The minimum atomic E-state index is -1.29. The number of hydrogen-bond donors (Lipinski definition) is 2. The third kappa shape index (κ3) is 4.82. The van der Waals surface area contributed by atoms with Crippen LogP contribution in [0.4, 0.5) is 9.18 Å². The molecule has 1 amide bonds. The summed E-state index contributed by atoms with van der Waals surface area (Å²) in [6.45, 7) is -0.787. The first kappa shape index (κ1) is 14.0. The molecule has 1 atom stereocenters. The van der Waals surface area contributed by atoms with Crippen molar-refractivity contribution in [1.82, 2.24) is 5.32 Å². The van der Waals surface area contributed by atoms with Crippen LogP contribution >= 0.6 is 0 Å². The minimum Gasteiger partial charge on any atom is -0.480 e. The van der Waals surface area contributed by atoms with Gasteiger partial charge < -0.3 is 15.2 Å². The number of carboxylic acid groups (broad SMARTS) is 1. The van der Waals surface area contributed by atoms with Crippen LogP contribution in [-0.2, 0) is 16.1 Å². The van der Waals surface area contributed by atoms with Gasteiger partial charge in [-0.15, -0.1) is 0 Å². The Morgan fingerprint density at radius 2 is 2.00 bits per heavy atom. The molecule has 5 nitrogen and oxygen atoms in total. The van der Waals surface area contributed by atoms with Gasteiger partial charge in [0.2, 0.25) is 0 Å². The van der Waals surface area contributed by atoms with Crippen LogP contribution in [0.2, 0.25) is 0 Å². The van der Waals surface area contributed by atoms with Crippen molar-refractivity contribution in [2.24, 2.45) is 0 Å². The van der Waals surface area contributed by atoms with Gasteiger partial charge in [0.15, 0.2) is 0 Å². The third-order valence-electron chi connectivity index (χ3n) is 2.20. The fraction of sp³-hybridized carbons (Fsp3) is 0.333. The third-order valence-corrected chi connectivity index (χ3v) is 2.20. The molecule has 0 spiro atoms. The number of carbonyl (C=O) groups excluding carboxylic acids is 1. The highest BCUT2D eigenvalue weighted by Crippen LogP contribution is 2.01. The van der Waals surface area contributed by atoms with Crippen molar-refractivity contribution in [3.05, 3.63) is 35.9 Å². The maximum atomic E-state index is 12.0. The van der Waals surface area contributed by atoms with Gasteiger partial charge in [0.05, 0.1) is 6.67 Å². The number of hydrogen-bond acceptors (Lipinski definition) is 3. The summed E-state index contributed by atoms with van der Waals surface area (Å²) < 4.78 is 16.9. The highest BCUT2D eigenvalue weighted by Gasteiger charge is 2.20. The molecular formula is C12H14FNO4. The minimum absolute atomic E-state index is 0.0363. The first-order valence-corrected chi connectivity index (χ1v) is 5.39. The van der Waals surface area contributed by atoms with Gasteiger partial charge in [0.25, 0.3) is 0 Å².